The third-order valence-electron chi connectivity index (χ3n) is 4.48. The van der Waals surface area contributed by atoms with E-state index in [-0.39, 0.29) is 5.43 Å². The van der Waals surface area contributed by atoms with Gasteiger partial charge in [0.2, 0.25) is 0 Å². The van der Waals surface area contributed by atoms with Gasteiger partial charge in [-0.1, -0.05) is 11.6 Å². The zero-order valence-electron chi connectivity index (χ0n) is 13.1. The summed E-state index contributed by atoms with van der Waals surface area (Å²) in [5.74, 6) is -0.956. The number of imidazole rings is 1. The number of nitrogens with one attached hydrogen (secondary N) is 2. The van der Waals surface area contributed by atoms with Crippen LogP contribution < -0.4 is 5.43 Å². The Labute approximate surface area is 147 Å². The number of fused-ring (bicyclic) bond motifs is 2. The maximum Gasteiger partial charge on any atom is 0.327 e. The second-order valence-corrected chi connectivity index (χ2v) is 6.51. The van der Waals surface area contributed by atoms with E-state index in [1.54, 1.807) is 23.1 Å². The number of nitrogens with zero attached hydrogens (tertiary/aromatic N) is 2. The summed E-state index contributed by atoms with van der Waals surface area (Å²) in [5.41, 5.74) is 2.58. The first kappa shape index (κ1) is 15.9. The number of H-pyrrole nitrogens is 2. The molecule has 4 rings (SSSR count). The average Bonchev–Trinajstić information content (AvgIpc) is 3.03. The van der Waals surface area contributed by atoms with Crippen LogP contribution in [0.1, 0.15) is 23.1 Å². The monoisotopic (exact) mass is 358 g/mol. The molecule has 1 aliphatic heterocycles. The Bertz CT molecular complexity index is 1030. The summed E-state index contributed by atoms with van der Waals surface area (Å²) < 4.78 is 0. The molecular weight excluding hydrogens is 344 g/mol. The number of aromatic nitrogens is 3. The first-order valence-corrected chi connectivity index (χ1v) is 8.21. The lowest BCUT2D eigenvalue weighted by Crippen LogP contribution is -2.39. The van der Waals surface area contributed by atoms with Gasteiger partial charge in [-0.25, -0.2) is 4.98 Å². The van der Waals surface area contributed by atoms with Crippen LogP contribution in [0.4, 0.5) is 0 Å². The SMILES string of the molecule is O=C(O)[C@H]1c2nc[nH]c2CCN1Cc1cc(=O)c2cc(Cl)ccc2[nH]1. The molecule has 0 fully saturated rings. The van der Waals surface area contributed by atoms with E-state index in [9.17, 15) is 14.7 Å². The highest BCUT2D eigenvalue weighted by Gasteiger charge is 2.35. The van der Waals surface area contributed by atoms with Crippen LogP contribution in [0.2, 0.25) is 5.02 Å². The molecule has 2 aromatic heterocycles. The van der Waals surface area contributed by atoms with E-state index >= 15 is 0 Å². The van der Waals surface area contributed by atoms with Gasteiger partial charge in [0.25, 0.3) is 0 Å². The minimum Gasteiger partial charge on any atom is -0.480 e. The van der Waals surface area contributed by atoms with Crippen LogP contribution in [0.3, 0.4) is 0 Å². The molecule has 0 saturated heterocycles. The Hall–Kier alpha value is -2.64. The molecule has 25 heavy (non-hydrogen) atoms. The normalized spacial score (nSPS) is 17.6. The molecular formula is C17H15ClN4O3. The lowest BCUT2D eigenvalue weighted by atomic mass is 10.0. The third-order valence-corrected chi connectivity index (χ3v) is 4.71. The van der Waals surface area contributed by atoms with Crippen LogP contribution in [0.5, 0.6) is 0 Å². The molecule has 7 nitrogen and oxygen atoms in total. The second-order valence-electron chi connectivity index (χ2n) is 6.08. The molecule has 0 spiro atoms. The number of carbonyl (C=O) groups is 1. The highest BCUT2D eigenvalue weighted by molar-refractivity contribution is 6.31. The third kappa shape index (κ3) is 2.81. The number of aromatic amines is 2. The van der Waals surface area contributed by atoms with Crippen molar-refractivity contribution < 1.29 is 9.90 Å². The molecule has 3 N–H and O–H groups in total. The van der Waals surface area contributed by atoms with E-state index in [0.29, 0.717) is 46.8 Å². The number of hydrogen-bond donors (Lipinski definition) is 3. The molecule has 3 aromatic rings. The molecule has 0 unspecified atom stereocenters. The van der Waals surface area contributed by atoms with Crippen molar-refractivity contribution in [2.24, 2.45) is 0 Å². The van der Waals surface area contributed by atoms with Crippen LogP contribution in [0, 0.1) is 0 Å². The molecule has 0 aliphatic carbocycles. The molecule has 1 atom stereocenters. The number of aliphatic carboxylic acids is 1. The van der Waals surface area contributed by atoms with Crippen molar-refractivity contribution >= 4 is 28.5 Å². The molecule has 0 amide bonds. The van der Waals surface area contributed by atoms with Gasteiger partial charge in [-0.05, 0) is 18.2 Å². The fourth-order valence-corrected chi connectivity index (χ4v) is 3.52. The standard InChI is InChI=1S/C17H15ClN4O3/c18-9-1-2-12-11(5-9)14(23)6-10(21-12)7-22-4-3-13-15(20-8-19-13)16(22)17(24)25/h1-2,5-6,8,16H,3-4,7H2,(H,19,20)(H,21,23)(H,24,25)/t16-/m1/s1. The van der Waals surface area contributed by atoms with E-state index in [4.69, 9.17) is 11.6 Å². The van der Waals surface area contributed by atoms with Crippen LogP contribution in [-0.4, -0.2) is 37.5 Å². The van der Waals surface area contributed by atoms with Crippen molar-refractivity contribution in [3.05, 3.63) is 62.9 Å². The lowest BCUT2D eigenvalue weighted by molar-refractivity contribution is -0.144. The van der Waals surface area contributed by atoms with Gasteiger partial charge in [-0.3, -0.25) is 14.5 Å². The van der Waals surface area contributed by atoms with Crippen LogP contribution in [-0.2, 0) is 17.8 Å². The highest BCUT2D eigenvalue weighted by Crippen LogP contribution is 2.28. The fraction of sp³-hybridized carbons (Fsp3) is 0.235. The average molecular weight is 359 g/mol. The van der Waals surface area contributed by atoms with Crippen LogP contribution >= 0.6 is 11.6 Å². The smallest absolute Gasteiger partial charge is 0.327 e. The second kappa shape index (κ2) is 6.02. The molecule has 0 radical (unpaired) electrons. The first-order chi connectivity index (χ1) is 12.0. The van der Waals surface area contributed by atoms with E-state index in [0.717, 1.165) is 5.69 Å². The summed E-state index contributed by atoms with van der Waals surface area (Å²) in [5, 5.41) is 10.6. The van der Waals surface area contributed by atoms with Crippen molar-refractivity contribution in [1.82, 2.24) is 19.9 Å². The number of pyridine rings is 1. The summed E-state index contributed by atoms with van der Waals surface area (Å²) >= 11 is 5.94. The van der Waals surface area contributed by atoms with E-state index < -0.39 is 12.0 Å². The molecule has 1 aliphatic rings. The number of halogens is 1. The van der Waals surface area contributed by atoms with E-state index in [1.807, 2.05) is 0 Å². The van der Waals surface area contributed by atoms with Crippen molar-refractivity contribution in [3.63, 3.8) is 0 Å². The first-order valence-electron chi connectivity index (χ1n) is 7.83. The fourth-order valence-electron chi connectivity index (χ4n) is 3.35. The summed E-state index contributed by atoms with van der Waals surface area (Å²) in [4.78, 5) is 36.2. The number of rotatable bonds is 3. The van der Waals surface area contributed by atoms with Crippen LogP contribution in [0.15, 0.2) is 35.4 Å². The molecule has 128 valence electrons. The van der Waals surface area contributed by atoms with Crippen molar-refractivity contribution in [1.29, 1.82) is 0 Å². The topological polar surface area (TPSA) is 102 Å². The number of benzene rings is 1. The molecule has 1 aromatic carbocycles. The predicted molar refractivity (Wildman–Crippen MR) is 92.7 cm³/mol. The Balaban J connectivity index is 1.70. The van der Waals surface area contributed by atoms with Crippen LogP contribution in [0.25, 0.3) is 10.9 Å². The summed E-state index contributed by atoms with van der Waals surface area (Å²) in [6.07, 6.45) is 2.21. The van der Waals surface area contributed by atoms with Gasteiger partial charge < -0.3 is 15.1 Å². The Morgan fingerprint density at radius 2 is 2.24 bits per heavy atom. The zero-order valence-corrected chi connectivity index (χ0v) is 13.9. The van der Waals surface area contributed by atoms with Gasteiger partial charge in [0.15, 0.2) is 11.5 Å². The van der Waals surface area contributed by atoms with Crippen molar-refractivity contribution in [2.45, 2.75) is 19.0 Å². The van der Waals surface area contributed by atoms with Gasteiger partial charge in [0, 0.05) is 52.9 Å². The Morgan fingerprint density at radius 1 is 1.40 bits per heavy atom. The molecule has 8 heteroatoms. The van der Waals surface area contributed by atoms with Crippen molar-refractivity contribution in [3.8, 4) is 0 Å². The number of carboxylic acids is 1. The van der Waals surface area contributed by atoms with Gasteiger partial charge in [-0.2, -0.15) is 0 Å². The van der Waals surface area contributed by atoms with Gasteiger partial charge in [-0.15, -0.1) is 0 Å². The van der Waals surface area contributed by atoms with E-state index in [1.165, 1.54) is 12.4 Å². The maximum atomic E-state index is 12.3. The minimum atomic E-state index is -0.956. The molecule has 0 saturated carbocycles. The predicted octanol–water partition coefficient (Wildman–Crippen LogP) is 2.09. The summed E-state index contributed by atoms with van der Waals surface area (Å²) in [6.45, 7) is 0.879. The maximum absolute atomic E-state index is 12.3. The van der Waals surface area contributed by atoms with E-state index in [2.05, 4.69) is 15.0 Å². The number of hydrogen-bond acceptors (Lipinski definition) is 4. The van der Waals surface area contributed by atoms with Gasteiger partial charge in [0.05, 0.1) is 12.0 Å². The highest BCUT2D eigenvalue weighted by atomic mass is 35.5. The Kier molecular flexibility index (Phi) is 3.82. The largest absolute Gasteiger partial charge is 0.480 e. The summed E-state index contributed by atoms with van der Waals surface area (Å²) in [6, 6.07) is 5.74. The Morgan fingerprint density at radius 3 is 3.04 bits per heavy atom. The number of carboxylic acid groups (broad SMARTS) is 1. The molecule has 0 bridgehead atoms. The molecule has 3 heterocycles. The lowest BCUT2D eigenvalue weighted by Gasteiger charge is -2.31. The van der Waals surface area contributed by atoms with Gasteiger partial charge >= 0.3 is 5.97 Å². The quantitative estimate of drug-likeness (QED) is 0.665. The zero-order chi connectivity index (χ0) is 17.6. The summed E-state index contributed by atoms with van der Waals surface area (Å²) in [7, 11) is 0. The van der Waals surface area contributed by atoms with Gasteiger partial charge in [0.1, 0.15) is 0 Å². The minimum absolute atomic E-state index is 0.143. The van der Waals surface area contributed by atoms with Crippen molar-refractivity contribution in [2.75, 3.05) is 6.54 Å².